The van der Waals surface area contributed by atoms with Crippen LogP contribution in [0, 0.1) is 12.3 Å². The fourth-order valence-electron chi connectivity index (χ4n) is 2.81. The molecule has 26 heavy (non-hydrogen) atoms. The minimum atomic E-state index is -1.04. The molecule has 1 fully saturated rings. The third-order valence-corrected chi connectivity index (χ3v) is 4.55. The van der Waals surface area contributed by atoms with Crippen molar-refractivity contribution in [3.63, 3.8) is 0 Å². The van der Waals surface area contributed by atoms with Gasteiger partial charge in [-0.05, 0) is 49.6 Å². The molecule has 0 aliphatic heterocycles. The highest BCUT2D eigenvalue weighted by molar-refractivity contribution is 6.17. The smallest absolute Gasteiger partial charge is 0.240 e. The maximum atomic E-state index is 12.8. The summed E-state index contributed by atoms with van der Waals surface area (Å²) in [7, 11) is 3.07. The average molecular weight is 354 g/mol. The molecule has 6 heteroatoms. The Morgan fingerprint density at radius 1 is 0.962 bits per heavy atom. The quantitative estimate of drug-likeness (QED) is 0.780. The molecule has 1 saturated carbocycles. The molecule has 6 nitrogen and oxygen atoms in total. The number of hydrogen-bond donors (Lipinski definition) is 2. The third-order valence-electron chi connectivity index (χ3n) is 4.55. The summed E-state index contributed by atoms with van der Waals surface area (Å²) in [6.07, 6.45) is 1.03. The molecule has 1 aliphatic rings. The summed E-state index contributed by atoms with van der Waals surface area (Å²) in [5.41, 5.74) is 1.16. The molecule has 1 aliphatic carbocycles. The first-order chi connectivity index (χ1) is 12.5. The molecule has 0 spiro atoms. The van der Waals surface area contributed by atoms with Gasteiger partial charge in [0.2, 0.25) is 11.8 Å². The van der Waals surface area contributed by atoms with Crippen molar-refractivity contribution in [1.82, 2.24) is 0 Å². The molecule has 2 amide bonds. The van der Waals surface area contributed by atoms with Gasteiger partial charge in [-0.15, -0.1) is 0 Å². The van der Waals surface area contributed by atoms with Crippen molar-refractivity contribution in [3.8, 4) is 11.5 Å². The standard InChI is InChI=1S/C20H22N2O4/c1-13-5-4-6-14(11-13)21-18(23)20(9-10-20)19(24)22-16-12-15(25-2)7-8-17(16)26-3/h4-8,11-12H,9-10H2,1-3H3,(H,21,23)(H,22,24). The Morgan fingerprint density at radius 2 is 1.69 bits per heavy atom. The lowest BCUT2D eigenvalue weighted by Gasteiger charge is -2.17. The summed E-state index contributed by atoms with van der Waals surface area (Å²) in [4.78, 5) is 25.5. The normalized spacial score (nSPS) is 14.3. The van der Waals surface area contributed by atoms with Crippen LogP contribution in [0.5, 0.6) is 11.5 Å². The molecule has 2 N–H and O–H groups in total. The summed E-state index contributed by atoms with van der Waals surface area (Å²) in [6.45, 7) is 1.95. The number of nitrogens with one attached hydrogen (secondary N) is 2. The Balaban J connectivity index is 1.76. The maximum Gasteiger partial charge on any atom is 0.240 e. The second-order valence-electron chi connectivity index (χ2n) is 6.43. The number of anilines is 2. The molecule has 2 aromatic carbocycles. The van der Waals surface area contributed by atoms with Crippen LogP contribution >= 0.6 is 0 Å². The minimum absolute atomic E-state index is 0.289. The first-order valence-electron chi connectivity index (χ1n) is 8.40. The van der Waals surface area contributed by atoms with E-state index in [1.807, 2.05) is 31.2 Å². The van der Waals surface area contributed by atoms with Crippen molar-refractivity contribution in [2.45, 2.75) is 19.8 Å². The zero-order chi connectivity index (χ0) is 18.7. The number of benzene rings is 2. The molecular weight excluding hydrogens is 332 g/mol. The molecule has 0 radical (unpaired) electrons. The van der Waals surface area contributed by atoms with E-state index in [1.165, 1.54) is 7.11 Å². The largest absolute Gasteiger partial charge is 0.497 e. The van der Waals surface area contributed by atoms with E-state index >= 15 is 0 Å². The third kappa shape index (κ3) is 3.49. The van der Waals surface area contributed by atoms with Gasteiger partial charge in [0.15, 0.2) is 0 Å². The first kappa shape index (κ1) is 17.8. The van der Waals surface area contributed by atoms with Gasteiger partial charge in [0.05, 0.1) is 19.9 Å². The van der Waals surface area contributed by atoms with E-state index in [4.69, 9.17) is 9.47 Å². The van der Waals surface area contributed by atoms with Gasteiger partial charge in [-0.25, -0.2) is 0 Å². The maximum absolute atomic E-state index is 12.8. The fourth-order valence-corrected chi connectivity index (χ4v) is 2.81. The summed E-state index contributed by atoms with van der Waals surface area (Å²) in [6, 6.07) is 12.6. The minimum Gasteiger partial charge on any atom is -0.497 e. The molecular formula is C20H22N2O4. The van der Waals surface area contributed by atoms with E-state index in [0.717, 1.165) is 5.56 Å². The van der Waals surface area contributed by atoms with E-state index in [1.54, 1.807) is 25.3 Å². The molecule has 0 atom stereocenters. The van der Waals surface area contributed by atoms with Gasteiger partial charge in [0, 0.05) is 11.8 Å². The zero-order valence-corrected chi connectivity index (χ0v) is 15.1. The van der Waals surface area contributed by atoms with Gasteiger partial charge in [-0.2, -0.15) is 0 Å². The van der Waals surface area contributed by atoms with Crippen molar-refractivity contribution in [3.05, 3.63) is 48.0 Å². The SMILES string of the molecule is COc1ccc(OC)c(NC(=O)C2(C(=O)Nc3cccc(C)c3)CC2)c1. The topological polar surface area (TPSA) is 76.7 Å². The summed E-state index contributed by atoms with van der Waals surface area (Å²) in [5.74, 6) is 0.473. The van der Waals surface area contributed by atoms with E-state index in [-0.39, 0.29) is 11.8 Å². The molecule has 136 valence electrons. The number of hydrogen-bond acceptors (Lipinski definition) is 4. The molecule has 2 aromatic rings. The van der Waals surface area contributed by atoms with Gasteiger partial charge in [0.1, 0.15) is 16.9 Å². The highest BCUT2D eigenvalue weighted by Gasteiger charge is 2.56. The van der Waals surface area contributed by atoms with Crippen molar-refractivity contribution < 1.29 is 19.1 Å². The van der Waals surface area contributed by atoms with Gasteiger partial charge in [-0.1, -0.05) is 12.1 Å². The molecule has 0 saturated heterocycles. The average Bonchev–Trinajstić information content (AvgIpc) is 3.43. The number of carbonyl (C=O) groups is 2. The molecule has 0 unspecified atom stereocenters. The Bertz CT molecular complexity index is 843. The van der Waals surface area contributed by atoms with Crippen LogP contribution in [0.1, 0.15) is 18.4 Å². The van der Waals surface area contributed by atoms with Crippen molar-refractivity contribution in [2.75, 3.05) is 24.9 Å². The first-order valence-corrected chi connectivity index (χ1v) is 8.40. The van der Waals surface area contributed by atoms with Gasteiger partial charge < -0.3 is 20.1 Å². The molecule has 3 rings (SSSR count). The monoisotopic (exact) mass is 354 g/mol. The number of aryl methyl sites for hydroxylation is 1. The van der Waals surface area contributed by atoms with E-state index in [9.17, 15) is 9.59 Å². The Morgan fingerprint density at radius 3 is 2.31 bits per heavy atom. The van der Waals surface area contributed by atoms with Crippen LogP contribution in [0.2, 0.25) is 0 Å². The summed E-state index contributed by atoms with van der Waals surface area (Å²) < 4.78 is 10.5. The van der Waals surface area contributed by atoms with Crippen molar-refractivity contribution in [1.29, 1.82) is 0 Å². The second-order valence-corrected chi connectivity index (χ2v) is 6.43. The van der Waals surface area contributed by atoms with Crippen LogP contribution in [0.15, 0.2) is 42.5 Å². The number of ether oxygens (including phenoxy) is 2. The predicted octanol–water partition coefficient (Wildman–Crippen LogP) is 3.37. The van der Waals surface area contributed by atoms with Crippen LogP contribution in [-0.4, -0.2) is 26.0 Å². The van der Waals surface area contributed by atoms with Crippen molar-refractivity contribution in [2.24, 2.45) is 5.41 Å². The summed E-state index contributed by atoms with van der Waals surface area (Å²) >= 11 is 0. The van der Waals surface area contributed by atoms with Crippen molar-refractivity contribution >= 4 is 23.2 Å². The lowest BCUT2D eigenvalue weighted by molar-refractivity contribution is -0.131. The summed E-state index contributed by atoms with van der Waals surface area (Å²) in [5, 5.41) is 5.66. The van der Waals surface area contributed by atoms with Crippen LogP contribution in [-0.2, 0) is 9.59 Å². The van der Waals surface area contributed by atoms with Gasteiger partial charge >= 0.3 is 0 Å². The molecule has 0 bridgehead atoms. The second kappa shape index (κ2) is 7.07. The van der Waals surface area contributed by atoms with Gasteiger partial charge in [0.25, 0.3) is 0 Å². The lowest BCUT2D eigenvalue weighted by atomic mass is 10.0. The van der Waals surface area contributed by atoms with E-state index < -0.39 is 5.41 Å². The Kier molecular flexibility index (Phi) is 4.84. The Hall–Kier alpha value is -3.02. The van der Waals surface area contributed by atoms with Crippen LogP contribution < -0.4 is 20.1 Å². The van der Waals surface area contributed by atoms with Crippen LogP contribution in [0.25, 0.3) is 0 Å². The number of carbonyl (C=O) groups excluding carboxylic acids is 2. The highest BCUT2D eigenvalue weighted by Crippen LogP contribution is 2.48. The number of methoxy groups -OCH3 is 2. The van der Waals surface area contributed by atoms with Crippen LogP contribution in [0.4, 0.5) is 11.4 Å². The predicted molar refractivity (Wildman–Crippen MR) is 99.7 cm³/mol. The molecule has 0 aromatic heterocycles. The van der Waals surface area contributed by atoms with E-state index in [2.05, 4.69) is 10.6 Å². The fraction of sp³-hybridized carbons (Fsp3) is 0.300. The molecule has 0 heterocycles. The van der Waals surface area contributed by atoms with Gasteiger partial charge in [-0.3, -0.25) is 9.59 Å². The highest BCUT2D eigenvalue weighted by atomic mass is 16.5. The number of amides is 2. The Labute approximate surface area is 152 Å². The van der Waals surface area contributed by atoms with E-state index in [0.29, 0.717) is 35.7 Å². The lowest BCUT2D eigenvalue weighted by Crippen LogP contribution is -2.35. The zero-order valence-electron chi connectivity index (χ0n) is 15.1. The number of rotatable bonds is 6. The van der Waals surface area contributed by atoms with Crippen LogP contribution in [0.3, 0.4) is 0 Å².